The van der Waals surface area contributed by atoms with E-state index in [2.05, 4.69) is 31.9 Å². The molecule has 1 atom stereocenters. The van der Waals surface area contributed by atoms with E-state index >= 15 is 0 Å². The van der Waals surface area contributed by atoms with Crippen molar-refractivity contribution in [1.82, 2.24) is 0 Å². The Hall–Kier alpha value is -0.740. The van der Waals surface area contributed by atoms with Crippen molar-refractivity contribution in [2.45, 2.75) is 18.2 Å². The summed E-state index contributed by atoms with van der Waals surface area (Å²) in [4.78, 5) is -0.387. The van der Waals surface area contributed by atoms with Gasteiger partial charge in [-0.2, -0.15) is 0 Å². The molecular formula is C15H12Br2F2. The van der Waals surface area contributed by atoms with Gasteiger partial charge >= 0.3 is 0 Å². The van der Waals surface area contributed by atoms with Gasteiger partial charge in [-0.05, 0) is 31.0 Å². The lowest BCUT2D eigenvalue weighted by atomic mass is 10.0. The Morgan fingerprint density at radius 3 is 2.32 bits per heavy atom. The molecule has 0 N–H and O–H groups in total. The van der Waals surface area contributed by atoms with Gasteiger partial charge in [0.25, 0.3) is 0 Å². The zero-order valence-corrected chi connectivity index (χ0v) is 13.4. The molecule has 2 rings (SSSR count). The molecule has 0 heterocycles. The topological polar surface area (TPSA) is 0 Å². The lowest BCUT2D eigenvalue weighted by Gasteiger charge is -2.13. The molecule has 0 radical (unpaired) electrons. The monoisotopic (exact) mass is 388 g/mol. The minimum absolute atomic E-state index is 0.0738. The molecule has 0 saturated heterocycles. The van der Waals surface area contributed by atoms with Crippen molar-refractivity contribution >= 4 is 31.9 Å². The van der Waals surface area contributed by atoms with Crippen LogP contribution < -0.4 is 0 Å². The number of rotatable bonds is 3. The third-order valence-corrected chi connectivity index (χ3v) is 4.09. The smallest absolute Gasteiger partial charge is 0.131 e. The molecule has 0 amide bonds. The number of halogens is 4. The molecule has 0 nitrogen and oxygen atoms in total. The first-order valence-corrected chi connectivity index (χ1v) is 7.52. The standard InChI is InChI=1S/C15H12Br2F2/c1-9-3-2-4-10(5-9)6-12(17)15-13(18)7-11(16)8-14(15)19/h2-5,7-8,12H,6H2,1H3. The highest BCUT2D eigenvalue weighted by atomic mass is 79.9. The zero-order chi connectivity index (χ0) is 14.0. The predicted octanol–water partition coefficient (Wildman–Crippen LogP) is 5.71. The molecule has 19 heavy (non-hydrogen) atoms. The van der Waals surface area contributed by atoms with Crippen LogP contribution in [-0.2, 0) is 6.42 Å². The minimum Gasteiger partial charge on any atom is -0.207 e. The second kappa shape index (κ2) is 6.14. The SMILES string of the molecule is Cc1cccc(CC(Br)c2c(F)cc(Br)cc2F)c1. The first kappa shape index (κ1) is 14.7. The molecule has 0 aliphatic rings. The van der Waals surface area contributed by atoms with Crippen LogP contribution in [0.5, 0.6) is 0 Å². The highest BCUT2D eigenvalue weighted by Crippen LogP contribution is 2.33. The van der Waals surface area contributed by atoms with E-state index in [0.717, 1.165) is 11.1 Å². The van der Waals surface area contributed by atoms with Crippen molar-refractivity contribution in [3.8, 4) is 0 Å². The van der Waals surface area contributed by atoms with Crippen LogP contribution in [0.4, 0.5) is 8.78 Å². The maximum atomic E-state index is 13.8. The summed E-state index contributed by atoms with van der Waals surface area (Å²) >= 11 is 6.46. The Bertz CT molecular complexity index is 573. The molecule has 2 aromatic rings. The number of aryl methyl sites for hydroxylation is 1. The molecule has 0 aromatic heterocycles. The van der Waals surface area contributed by atoms with Crippen LogP contribution in [0.25, 0.3) is 0 Å². The summed E-state index contributed by atoms with van der Waals surface area (Å²) < 4.78 is 28.1. The van der Waals surface area contributed by atoms with Crippen molar-refractivity contribution < 1.29 is 8.78 Å². The van der Waals surface area contributed by atoms with Crippen molar-refractivity contribution in [3.05, 3.63) is 69.2 Å². The van der Waals surface area contributed by atoms with Crippen molar-refractivity contribution in [2.75, 3.05) is 0 Å². The van der Waals surface area contributed by atoms with Crippen molar-refractivity contribution in [1.29, 1.82) is 0 Å². The van der Waals surface area contributed by atoms with Gasteiger partial charge in [0, 0.05) is 14.9 Å². The molecule has 4 heteroatoms. The number of hydrogen-bond acceptors (Lipinski definition) is 0. The summed E-state index contributed by atoms with van der Waals surface area (Å²) in [7, 11) is 0. The molecule has 0 aliphatic heterocycles. The van der Waals surface area contributed by atoms with E-state index in [4.69, 9.17) is 0 Å². The van der Waals surface area contributed by atoms with E-state index in [1.807, 2.05) is 31.2 Å². The van der Waals surface area contributed by atoms with E-state index in [1.54, 1.807) is 0 Å². The van der Waals surface area contributed by atoms with Gasteiger partial charge in [0.15, 0.2) is 0 Å². The quantitative estimate of drug-likeness (QED) is 0.589. The fourth-order valence-electron chi connectivity index (χ4n) is 2.00. The van der Waals surface area contributed by atoms with Gasteiger partial charge in [-0.25, -0.2) is 8.78 Å². The maximum absolute atomic E-state index is 13.8. The molecule has 2 aromatic carbocycles. The maximum Gasteiger partial charge on any atom is 0.131 e. The van der Waals surface area contributed by atoms with Crippen LogP contribution in [0.2, 0.25) is 0 Å². The second-order valence-corrected chi connectivity index (χ2v) is 6.46. The van der Waals surface area contributed by atoms with Gasteiger partial charge in [-0.15, -0.1) is 0 Å². The highest BCUT2D eigenvalue weighted by Gasteiger charge is 2.19. The van der Waals surface area contributed by atoms with Crippen molar-refractivity contribution in [3.63, 3.8) is 0 Å². The van der Waals surface area contributed by atoms with Crippen LogP contribution in [0.3, 0.4) is 0 Å². The summed E-state index contributed by atoms with van der Waals surface area (Å²) in [5.74, 6) is -1.08. The number of benzene rings is 2. The summed E-state index contributed by atoms with van der Waals surface area (Å²) in [5.41, 5.74) is 2.25. The summed E-state index contributed by atoms with van der Waals surface area (Å²) in [6, 6.07) is 10.5. The third kappa shape index (κ3) is 3.63. The van der Waals surface area contributed by atoms with Gasteiger partial charge in [0.1, 0.15) is 11.6 Å². The molecular weight excluding hydrogens is 378 g/mol. The van der Waals surface area contributed by atoms with Gasteiger partial charge in [-0.3, -0.25) is 0 Å². The first-order chi connectivity index (χ1) is 8.97. The average molecular weight is 390 g/mol. The third-order valence-electron chi connectivity index (χ3n) is 2.85. The van der Waals surface area contributed by atoms with Gasteiger partial charge < -0.3 is 0 Å². The summed E-state index contributed by atoms with van der Waals surface area (Å²) in [6.07, 6.45) is 0.539. The van der Waals surface area contributed by atoms with E-state index in [9.17, 15) is 8.78 Å². The van der Waals surface area contributed by atoms with Crippen molar-refractivity contribution in [2.24, 2.45) is 0 Å². The molecule has 100 valence electrons. The summed E-state index contributed by atoms with van der Waals surface area (Å²) in [5, 5.41) is 0. The minimum atomic E-state index is -0.540. The van der Waals surface area contributed by atoms with E-state index in [-0.39, 0.29) is 10.4 Å². The highest BCUT2D eigenvalue weighted by molar-refractivity contribution is 9.10. The normalized spacial score (nSPS) is 12.5. The fourth-order valence-corrected chi connectivity index (χ4v) is 3.21. The van der Waals surface area contributed by atoms with E-state index in [0.29, 0.717) is 10.9 Å². The Morgan fingerprint density at radius 2 is 1.74 bits per heavy atom. The molecule has 0 saturated carbocycles. The van der Waals surface area contributed by atoms with Crippen LogP contribution in [0, 0.1) is 18.6 Å². The lowest BCUT2D eigenvalue weighted by molar-refractivity contribution is 0.552. The van der Waals surface area contributed by atoms with Gasteiger partial charge in [-0.1, -0.05) is 61.7 Å². The molecule has 0 bridgehead atoms. The summed E-state index contributed by atoms with van der Waals surface area (Å²) in [6.45, 7) is 1.99. The van der Waals surface area contributed by atoms with Crippen LogP contribution >= 0.6 is 31.9 Å². The van der Waals surface area contributed by atoms with E-state index < -0.39 is 11.6 Å². The molecule has 0 fully saturated rings. The Labute approximate surface area is 128 Å². The molecule has 0 spiro atoms. The van der Waals surface area contributed by atoms with Crippen LogP contribution in [0.15, 0.2) is 40.9 Å². The Morgan fingerprint density at radius 1 is 1.11 bits per heavy atom. The number of hydrogen-bond donors (Lipinski definition) is 0. The second-order valence-electron chi connectivity index (χ2n) is 4.44. The largest absolute Gasteiger partial charge is 0.207 e. The van der Waals surface area contributed by atoms with E-state index in [1.165, 1.54) is 12.1 Å². The zero-order valence-electron chi connectivity index (χ0n) is 10.3. The lowest BCUT2D eigenvalue weighted by Crippen LogP contribution is -2.02. The van der Waals surface area contributed by atoms with Crippen LogP contribution in [0.1, 0.15) is 21.5 Å². The molecule has 0 aliphatic carbocycles. The van der Waals surface area contributed by atoms with Crippen LogP contribution in [-0.4, -0.2) is 0 Å². The average Bonchev–Trinajstić information content (AvgIpc) is 2.27. The van der Waals surface area contributed by atoms with Gasteiger partial charge in [0.05, 0.1) is 0 Å². The fraction of sp³-hybridized carbons (Fsp3) is 0.200. The van der Waals surface area contributed by atoms with Gasteiger partial charge in [0.2, 0.25) is 0 Å². The number of alkyl halides is 1. The Kier molecular flexibility index (Phi) is 4.74. The predicted molar refractivity (Wildman–Crippen MR) is 80.6 cm³/mol. The molecule has 1 unspecified atom stereocenters. The Balaban J connectivity index is 2.28. The first-order valence-electron chi connectivity index (χ1n) is 5.81.